The van der Waals surface area contributed by atoms with Crippen LogP contribution in [0, 0.1) is 0 Å². The fourth-order valence-electron chi connectivity index (χ4n) is 2.96. The maximum atomic E-state index is 15.1. The van der Waals surface area contributed by atoms with Gasteiger partial charge >= 0.3 is 5.92 Å². The van der Waals surface area contributed by atoms with E-state index in [1.807, 2.05) is 0 Å². The number of hydrogen-bond donors (Lipinski definition) is 2. The summed E-state index contributed by atoms with van der Waals surface area (Å²) in [5, 5.41) is 0.128. The number of rotatable bonds is 3. The molecule has 0 radical (unpaired) electrons. The van der Waals surface area contributed by atoms with E-state index in [9.17, 15) is 4.79 Å². The number of halogens is 3. The summed E-state index contributed by atoms with van der Waals surface area (Å²) < 4.78 is 30.2. The van der Waals surface area contributed by atoms with Crippen molar-refractivity contribution >= 4 is 34.7 Å². The number of thiophene rings is 1. The van der Waals surface area contributed by atoms with Gasteiger partial charge in [0.1, 0.15) is 17.9 Å². The van der Waals surface area contributed by atoms with Crippen LogP contribution >= 0.6 is 22.9 Å². The number of benzene rings is 1. The van der Waals surface area contributed by atoms with E-state index in [4.69, 9.17) is 23.1 Å². The second kappa shape index (κ2) is 6.61. The number of alkyl halides is 2. The quantitative estimate of drug-likeness (QED) is 0.677. The fourth-order valence-corrected chi connectivity index (χ4v) is 4.48. The molecular formula is C18H12ClF2N5OS. The van der Waals surface area contributed by atoms with E-state index in [1.165, 1.54) is 6.20 Å². The molecule has 0 saturated heterocycles. The molecule has 0 fully saturated rings. The summed E-state index contributed by atoms with van der Waals surface area (Å²) in [7, 11) is 0. The lowest BCUT2D eigenvalue weighted by Gasteiger charge is -2.28. The molecule has 1 aliphatic heterocycles. The molecule has 1 amide bonds. The smallest absolute Gasteiger partial charge is 0.317 e. The van der Waals surface area contributed by atoms with Crippen molar-refractivity contribution in [3.63, 3.8) is 0 Å². The van der Waals surface area contributed by atoms with Crippen molar-refractivity contribution in [3.05, 3.63) is 69.6 Å². The molecule has 2 aromatic heterocycles. The highest BCUT2D eigenvalue weighted by Crippen LogP contribution is 2.51. The molecule has 10 heteroatoms. The summed E-state index contributed by atoms with van der Waals surface area (Å²) in [5.74, 6) is -4.08. The molecule has 6 nitrogen and oxygen atoms in total. The summed E-state index contributed by atoms with van der Waals surface area (Å²) >= 11 is 7.32. The minimum Gasteiger partial charge on any atom is -0.383 e. The molecule has 0 bridgehead atoms. The monoisotopic (exact) mass is 419 g/mol. The first-order valence-corrected chi connectivity index (χ1v) is 9.20. The van der Waals surface area contributed by atoms with Gasteiger partial charge in [-0.1, -0.05) is 23.7 Å². The number of hydrogen-bond acceptors (Lipinski definition) is 6. The van der Waals surface area contributed by atoms with Crippen LogP contribution in [0.25, 0.3) is 10.4 Å². The van der Waals surface area contributed by atoms with Gasteiger partial charge in [0.15, 0.2) is 6.04 Å². The molecule has 0 aliphatic carbocycles. The number of aromatic nitrogens is 2. The first-order valence-electron chi connectivity index (χ1n) is 8.00. The number of primary amides is 1. The van der Waals surface area contributed by atoms with Crippen molar-refractivity contribution in [1.82, 2.24) is 9.97 Å². The van der Waals surface area contributed by atoms with Crippen LogP contribution in [0.5, 0.6) is 0 Å². The van der Waals surface area contributed by atoms with Gasteiger partial charge in [-0.25, -0.2) is 9.97 Å². The molecule has 142 valence electrons. The molecule has 1 atom stereocenters. The Morgan fingerprint density at radius 3 is 2.82 bits per heavy atom. The maximum Gasteiger partial charge on any atom is 0.317 e. The zero-order valence-electron chi connectivity index (χ0n) is 14.1. The third-order valence-electron chi connectivity index (χ3n) is 4.31. The van der Waals surface area contributed by atoms with Gasteiger partial charge in [0, 0.05) is 16.6 Å². The van der Waals surface area contributed by atoms with Crippen molar-refractivity contribution in [2.45, 2.75) is 12.0 Å². The summed E-state index contributed by atoms with van der Waals surface area (Å²) in [6, 6.07) is 6.48. The standard InChI is InChI=1S/C18H12ClF2N5OS/c19-11-5-12(8-2-1-3-9(4-8)17(23)27)28-13(11)15-18(20,21)14-10(16(22)26-15)6-24-7-25-14/h1-7,15H,(H2,22,26)(H2,23,27). The number of amidine groups is 1. The van der Waals surface area contributed by atoms with E-state index in [0.29, 0.717) is 16.0 Å². The van der Waals surface area contributed by atoms with Gasteiger partial charge in [0.05, 0.1) is 15.5 Å². The van der Waals surface area contributed by atoms with Gasteiger partial charge in [-0.15, -0.1) is 11.3 Å². The Kier molecular flexibility index (Phi) is 4.35. The van der Waals surface area contributed by atoms with E-state index in [-0.39, 0.29) is 21.3 Å². The van der Waals surface area contributed by atoms with Crippen molar-refractivity contribution in [2.24, 2.45) is 16.5 Å². The molecule has 4 rings (SSSR count). The number of amides is 1. The SMILES string of the molecule is NC(=O)c1cccc(-c2cc(Cl)c(C3N=C(N)c4cncnc4C3(F)F)s2)c1. The molecule has 0 saturated carbocycles. The van der Waals surface area contributed by atoms with Crippen LogP contribution in [-0.2, 0) is 5.92 Å². The van der Waals surface area contributed by atoms with Gasteiger partial charge in [0.25, 0.3) is 0 Å². The molecule has 3 aromatic rings. The van der Waals surface area contributed by atoms with Crippen LogP contribution < -0.4 is 11.5 Å². The Labute approximate surface area is 166 Å². The predicted molar refractivity (Wildman–Crippen MR) is 103 cm³/mol. The maximum absolute atomic E-state index is 15.1. The van der Waals surface area contributed by atoms with Gasteiger partial charge < -0.3 is 11.5 Å². The number of nitrogens with zero attached hydrogens (tertiary/aromatic N) is 3. The van der Waals surface area contributed by atoms with E-state index in [0.717, 1.165) is 17.7 Å². The van der Waals surface area contributed by atoms with Crippen LogP contribution in [0.15, 0.2) is 47.8 Å². The molecule has 0 spiro atoms. The van der Waals surface area contributed by atoms with Crippen LogP contribution in [0.4, 0.5) is 8.78 Å². The Morgan fingerprint density at radius 2 is 2.07 bits per heavy atom. The molecule has 1 aliphatic rings. The second-order valence-electron chi connectivity index (χ2n) is 6.09. The van der Waals surface area contributed by atoms with Crippen LogP contribution in [0.2, 0.25) is 5.02 Å². The van der Waals surface area contributed by atoms with Crippen LogP contribution in [0.1, 0.15) is 32.5 Å². The van der Waals surface area contributed by atoms with Gasteiger partial charge in [-0.2, -0.15) is 8.78 Å². The molecule has 1 aromatic carbocycles. The summed E-state index contributed by atoms with van der Waals surface area (Å²) in [5.41, 5.74) is 11.6. The lowest BCUT2D eigenvalue weighted by Crippen LogP contribution is -2.34. The minimum absolute atomic E-state index is 0.00538. The topological polar surface area (TPSA) is 107 Å². The Balaban J connectivity index is 1.80. The van der Waals surface area contributed by atoms with Crippen LogP contribution in [-0.4, -0.2) is 21.7 Å². The van der Waals surface area contributed by atoms with E-state index < -0.39 is 23.6 Å². The molecule has 28 heavy (non-hydrogen) atoms. The van der Waals surface area contributed by atoms with Crippen LogP contribution in [0.3, 0.4) is 0 Å². The third-order valence-corrected chi connectivity index (χ3v) is 5.97. The Hall–Kier alpha value is -2.91. The third kappa shape index (κ3) is 2.92. The highest BCUT2D eigenvalue weighted by molar-refractivity contribution is 7.16. The van der Waals surface area contributed by atoms with Crippen molar-refractivity contribution in [1.29, 1.82) is 0 Å². The summed E-state index contributed by atoms with van der Waals surface area (Å²) in [6.45, 7) is 0. The van der Waals surface area contributed by atoms with E-state index in [1.54, 1.807) is 30.3 Å². The minimum atomic E-state index is -3.41. The predicted octanol–water partition coefficient (Wildman–Crippen LogP) is 3.51. The fraction of sp³-hybridized carbons (Fsp3) is 0.111. The number of nitrogens with two attached hydrogens (primary N) is 2. The molecule has 1 unspecified atom stereocenters. The number of carbonyl (C=O) groups is 1. The van der Waals surface area contributed by atoms with Crippen molar-refractivity contribution < 1.29 is 13.6 Å². The van der Waals surface area contributed by atoms with Crippen molar-refractivity contribution in [2.75, 3.05) is 0 Å². The first-order chi connectivity index (χ1) is 13.3. The molecule has 4 N–H and O–H groups in total. The van der Waals surface area contributed by atoms with Gasteiger partial charge in [-0.3, -0.25) is 9.79 Å². The van der Waals surface area contributed by atoms with Crippen molar-refractivity contribution in [3.8, 4) is 10.4 Å². The zero-order valence-corrected chi connectivity index (χ0v) is 15.6. The highest BCUT2D eigenvalue weighted by Gasteiger charge is 2.50. The van der Waals surface area contributed by atoms with E-state index >= 15 is 8.78 Å². The highest BCUT2D eigenvalue weighted by atomic mass is 35.5. The average Bonchev–Trinajstić information content (AvgIpc) is 3.06. The Morgan fingerprint density at radius 1 is 1.29 bits per heavy atom. The number of carbonyl (C=O) groups excluding carboxylic acids is 1. The number of aliphatic imine (C=N–C) groups is 1. The first kappa shape index (κ1) is 18.5. The lowest BCUT2D eigenvalue weighted by atomic mass is 9.97. The molecular weight excluding hydrogens is 408 g/mol. The van der Waals surface area contributed by atoms with Gasteiger partial charge in [-0.05, 0) is 23.8 Å². The normalized spacial score (nSPS) is 17.7. The molecule has 3 heterocycles. The van der Waals surface area contributed by atoms with E-state index in [2.05, 4.69) is 15.0 Å². The summed E-state index contributed by atoms with van der Waals surface area (Å²) in [6.07, 6.45) is 2.25. The lowest BCUT2D eigenvalue weighted by molar-refractivity contribution is -0.0371. The average molecular weight is 420 g/mol. The summed E-state index contributed by atoms with van der Waals surface area (Å²) in [4.78, 5) is 23.6. The largest absolute Gasteiger partial charge is 0.383 e. The van der Waals surface area contributed by atoms with Gasteiger partial charge in [0.2, 0.25) is 5.91 Å². The zero-order chi connectivity index (χ0) is 20.1. The Bertz CT molecular complexity index is 1130. The number of fused-ring (bicyclic) bond motifs is 1. The second-order valence-corrected chi connectivity index (χ2v) is 7.58.